The SMILES string of the molecule is O=C(NCCNc1nccc(C(F)(F)F)n1)c1ccccc1Cl. The lowest BCUT2D eigenvalue weighted by Gasteiger charge is -2.09. The quantitative estimate of drug-likeness (QED) is 0.818. The normalized spacial score (nSPS) is 11.1. The summed E-state index contributed by atoms with van der Waals surface area (Å²) >= 11 is 5.88. The third-order valence-corrected chi connectivity index (χ3v) is 3.09. The number of rotatable bonds is 5. The number of nitrogens with zero attached hydrogens (tertiary/aromatic N) is 2. The van der Waals surface area contributed by atoms with Gasteiger partial charge in [-0.15, -0.1) is 0 Å². The third kappa shape index (κ3) is 4.82. The summed E-state index contributed by atoms with van der Waals surface area (Å²) in [6.07, 6.45) is -3.52. The van der Waals surface area contributed by atoms with E-state index in [4.69, 9.17) is 11.6 Å². The van der Waals surface area contributed by atoms with Gasteiger partial charge in [0.15, 0.2) is 0 Å². The number of carbonyl (C=O) groups excluding carboxylic acids is 1. The van der Waals surface area contributed by atoms with Crippen LogP contribution in [0, 0.1) is 0 Å². The number of amides is 1. The minimum Gasteiger partial charge on any atom is -0.352 e. The molecule has 0 atom stereocenters. The van der Waals surface area contributed by atoms with Gasteiger partial charge < -0.3 is 10.6 Å². The standard InChI is InChI=1S/C14H12ClF3N4O/c15-10-4-2-1-3-9(10)12(23)19-7-8-21-13-20-6-5-11(22-13)14(16,17)18/h1-6H,7-8H2,(H,19,23)(H,20,21,22). The van der Waals surface area contributed by atoms with Crippen molar-refractivity contribution in [1.29, 1.82) is 0 Å². The van der Waals surface area contributed by atoms with E-state index in [1.165, 1.54) is 0 Å². The van der Waals surface area contributed by atoms with Gasteiger partial charge in [0.05, 0.1) is 10.6 Å². The molecular weight excluding hydrogens is 333 g/mol. The highest BCUT2D eigenvalue weighted by Gasteiger charge is 2.32. The average Bonchev–Trinajstić information content (AvgIpc) is 2.51. The molecule has 0 unspecified atom stereocenters. The van der Waals surface area contributed by atoms with Crippen molar-refractivity contribution in [1.82, 2.24) is 15.3 Å². The highest BCUT2D eigenvalue weighted by Crippen LogP contribution is 2.27. The molecule has 9 heteroatoms. The minimum atomic E-state index is -4.53. The van der Waals surface area contributed by atoms with E-state index in [1.807, 2.05) is 0 Å². The van der Waals surface area contributed by atoms with Crippen molar-refractivity contribution in [2.24, 2.45) is 0 Å². The molecule has 0 aliphatic heterocycles. The van der Waals surface area contributed by atoms with Crippen molar-refractivity contribution in [3.05, 3.63) is 52.8 Å². The van der Waals surface area contributed by atoms with Gasteiger partial charge in [-0.25, -0.2) is 9.97 Å². The first-order valence-corrected chi connectivity index (χ1v) is 6.92. The van der Waals surface area contributed by atoms with Crippen molar-refractivity contribution in [3.8, 4) is 0 Å². The van der Waals surface area contributed by atoms with E-state index in [9.17, 15) is 18.0 Å². The Balaban J connectivity index is 1.84. The van der Waals surface area contributed by atoms with Gasteiger partial charge in [0.2, 0.25) is 5.95 Å². The maximum absolute atomic E-state index is 12.5. The Hall–Kier alpha value is -2.35. The molecular formula is C14H12ClF3N4O. The number of nitrogens with one attached hydrogen (secondary N) is 2. The van der Waals surface area contributed by atoms with Gasteiger partial charge in [-0.2, -0.15) is 13.2 Å². The van der Waals surface area contributed by atoms with Crippen LogP contribution in [0.4, 0.5) is 19.1 Å². The number of hydrogen-bond donors (Lipinski definition) is 2. The second-order valence-corrected chi connectivity index (χ2v) is 4.83. The van der Waals surface area contributed by atoms with E-state index in [0.717, 1.165) is 12.3 Å². The van der Waals surface area contributed by atoms with Crippen LogP contribution in [0.5, 0.6) is 0 Å². The molecule has 0 saturated heterocycles. The molecule has 0 spiro atoms. The summed E-state index contributed by atoms with van der Waals surface area (Å²) in [6.45, 7) is 0.334. The average molecular weight is 345 g/mol. The van der Waals surface area contributed by atoms with Crippen molar-refractivity contribution >= 4 is 23.5 Å². The summed E-state index contributed by atoms with van der Waals surface area (Å²) in [5.41, 5.74) is -0.709. The van der Waals surface area contributed by atoms with Crippen LogP contribution < -0.4 is 10.6 Å². The zero-order chi connectivity index (χ0) is 16.9. The van der Waals surface area contributed by atoms with Crippen molar-refractivity contribution in [2.75, 3.05) is 18.4 Å². The van der Waals surface area contributed by atoms with E-state index < -0.39 is 11.9 Å². The van der Waals surface area contributed by atoms with Crippen LogP contribution in [0.2, 0.25) is 5.02 Å². The lowest BCUT2D eigenvalue weighted by molar-refractivity contribution is -0.141. The molecule has 2 rings (SSSR count). The van der Waals surface area contributed by atoms with E-state index >= 15 is 0 Å². The van der Waals surface area contributed by atoms with E-state index in [0.29, 0.717) is 10.6 Å². The predicted octanol–water partition coefficient (Wildman–Crippen LogP) is 2.99. The molecule has 23 heavy (non-hydrogen) atoms. The Bertz CT molecular complexity index is 694. The van der Waals surface area contributed by atoms with Crippen molar-refractivity contribution < 1.29 is 18.0 Å². The van der Waals surface area contributed by atoms with Crippen LogP contribution in [0.15, 0.2) is 36.5 Å². The third-order valence-electron chi connectivity index (χ3n) is 2.76. The minimum absolute atomic E-state index is 0.160. The van der Waals surface area contributed by atoms with Crippen LogP contribution in [0.25, 0.3) is 0 Å². The molecule has 0 saturated carbocycles. The van der Waals surface area contributed by atoms with Gasteiger partial charge >= 0.3 is 6.18 Å². The molecule has 2 aromatic rings. The number of aromatic nitrogens is 2. The molecule has 1 aromatic heterocycles. The lowest BCUT2D eigenvalue weighted by Crippen LogP contribution is -2.29. The van der Waals surface area contributed by atoms with Gasteiger partial charge in [0.25, 0.3) is 5.91 Å². The molecule has 1 aromatic carbocycles. The summed E-state index contributed by atoms with van der Waals surface area (Å²) in [7, 11) is 0. The Kier molecular flexibility index (Phi) is 5.38. The summed E-state index contributed by atoms with van der Waals surface area (Å²) in [6, 6.07) is 7.32. The van der Waals surface area contributed by atoms with Crippen LogP contribution in [-0.4, -0.2) is 29.0 Å². The second kappa shape index (κ2) is 7.28. The van der Waals surface area contributed by atoms with Crippen molar-refractivity contribution in [3.63, 3.8) is 0 Å². The largest absolute Gasteiger partial charge is 0.433 e. The molecule has 0 fully saturated rings. The van der Waals surface area contributed by atoms with Gasteiger partial charge in [-0.3, -0.25) is 4.79 Å². The van der Waals surface area contributed by atoms with Crippen LogP contribution in [0.1, 0.15) is 16.1 Å². The van der Waals surface area contributed by atoms with E-state index in [2.05, 4.69) is 20.6 Å². The van der Waals surface area contributed by atoms with E-state index in [1.54, 1.807) is 24.3 Å². The molecule has 0 aliphatic carbocycles. The monoisotopic (exact) mass is 344 g/mol. The van der Waals surface area contributed by atoms with Gasteiger partial charge in [-0.05, 0) is 18.2 Å². The summed E-state index contributed by atoms with van der Waals surface area (Å²) in [5, 5.41) is 5.52. The molecule has 1 heterocycles. The molecule has 2 N–H and O–H groups in total. The second-order valence-electron chi connectivity index (χ2n) is 4.43. The summed E-state index contributed by atoms with van der Waals surface area (Å²) in [4.78, 5) is 18.9. The van der Waals surface area contributed by atoms with Crippen molar-refractivity contribution in [2.45, 2.75) is 6.18 Å². The molecule has 122 valence electrons. The fourth-order valence-electron chi connectivity index (χ4n) is 1.69. The molecule has 5 nitrogen and oxygen atoms in total. The molecule has 0 bridgehead atoms. The van der Waals surface area contributed by atoms with Gasteiger partial charge in [0, 0.05) is 19.3 Å². The molecule has 1 amide bonds. The van der Waals surface area contributed by atoms with Crippen LogP contribution in [-0.2, 0) is 6.18 Å². The first kappa shape index (κ1) is 17.0. The Morgan fingerprint density at radius 3 is 2.61 bits per heavy atom. The molecule has 0 aliphatic rings. The van der Waals surface area contributed by atoms with Crippen LogP contribution >= 0.6 is 11.6 Å². The van der Waals surface area contributed by atoms with Crippen LogP contribution in [0.3, 0.4) is 0 Å². The predicted molar refractivity (Wildman–Crippen MR) is 79.3 cm³/mol. The number of carbonyl (C=O) groups is 1. The zero-order valence-electron chi connectivity index (χ0n) is 11.7. The number of hydrogen-bond acceptors (Lipinski definition) is 4. The maximum atomic E-state index is 12.5. The van der Waals surface area contributed by atoms with Gasteiger partial charge in [0.1, 0.15) is 5.69 Å². The smallest absolute Gasteiger partial charge is 0.352 e. The summed E-state index contributed by atoms with van der Waals surface area (Å²) in [5.74, 6) is -0.533. The van der Waals surface area contributed by atoms with Gasteiger partial charge in [-0.1, -0.05) is 23.7 Å². The Morgan fingerprint density at radius 1 is 1.17 bits per heavy atom. The first-order chi connectivity index (χ1) is 10.9. The number of anilines is 1. The first-order valence-electron chi connectivity index (χ1n) is 6.55. The zero-order valence-corrected chi connectivity index (χ0v) is 12.4. The molecule has 0 radical (unpaired) electrons. The fourth-order valence-corrected chi connectivity index (χ4v) is 1.91. The Morgan fingerprint density at radius 2 is 1.91 bits per heavy atom. The van der Waals surface area contributed by atoms with E-state index in [-0.39, 0.29) is 24.9 Å². The lowest BCUT2D eigenvalue weighted by atomic mass is 10.2. The fraction of sp³-hybridized carbons (Fsp3) is 0.214. The number of benzene rings is 1. The summed E-state index contributed by atoms with van der Waals surface area (Å²) < 4.78 is 37.5. The topological polar surface area (TPSA) is 66.9 Å². The highest BCUT2D eigenvalue weighted by molar-refractivity contribution is 6.33. The number of alkyl halides is 3. The highest BCUT2D eigenvalue weighted by atomic mass is 35.5. The Labute approximate surface area is 134 Å². The number of halogens is 4. The maximum Gasteiger partial charge on any atom is 0.433 e.